The first-order chi connectivity index (χ1) is 8.18. The number of pyridine rings is 1. The predicted octanol–water partition coefficient (Wildman–Crippen LogP) is 2.88. The van der Waals surface area contributed by atoms with Gasteiger partial charge in [-0.1, -0.05) is 0 Å². The van der Waals surface area contributed by atoms with Gasteiger partial charge in [0.1, 0.15) is 0 Å². The zero-order valence-electron chi connectivity index (χ0n) is 8.56. The van der Waals surface area contributed by atoms with Crippen molar-refractivity contribution in [3.8, 4) is 0 Å². The number of nitrogens with zero attached hydrogens (tertiary/aromatic N) is 1. The van der Waals surface area contributed by atoms with E-state index in [1.54, 1.807) is 0 Å². The van der Waals surface area contributed by atoms with E-state index < -0.39 is 46.9 Å². The van der Waals surface area contributed by atoms with Crippen LogP contribution in [-0.4, -0.2) is 10.2 Å². The smallest absolute Gasteiger partial charge is 0.325 e. The lowest BCUT2D eigenvalue weighted by Gasteiger charge is -2.14. The maximum atomic E-state index is 12.6. The van der Waals surface area contributed by atoms with Crippen molar-refractivity contribution in [2.45, 2.75) is 19.1 Å². The Balaban J connectivity index is 3.58. The molecular weight excluding hydrogens is 283 g/mol. The molecule has 0 fully saturated rings. The second kappa shape index (κ2) is 5.15. The van der Waals surface area contributed by atoms with Gasteiger partial charge in [-0.05, 0) is 17.7 Å². The highest BCUT2D eigenvalue weighted by atomic mass is 35.5. The van der Waals surface area contributed by atoms with E-state index in [9.17, 15) is 26.7 Å². The fourth-order valence-corrected chi connectivity index (χ4v) is 1.43. The number of aromatic nitrogens is 1. The molecule has 0 aliphatic heterocycles. The molecule has 9 heteroatoms. The monoisotopic (exact) mass is 288 g/mol. The van der Waals surface area contributed by atoms with Crippen LogP contribution in [0.2, 0.25) is 0 Å². The first kappa shape index (κ1) is 14.8. The van der Waals surface area contributed by atoms with E-state index in [4.69, 9.17) is 17.3 Å². The Morgan fingerprint density at radius 2 is 2.00 bits per heavy atom. The van der Waals surface area contributed by atoms with Gasteiger partial charge in [-0.25, -0.2) is 13.8 Å². The molecular formula is C9H6ClF5N2O. The van der Waals surface area contributed by atoms with Crippen molar-refractivity contribution >= 4 is 16.8 Å². The maximum absolute atomic E-state index is 12.6. The Kier molecular flexibility index (Phi) is 4.23. The summed E-state index contributed by atoms with van der Waals surface area (Å²) in [6, 6.07) is 0.373. The third-order valence-corrected chi connectivity index (χ3v) is 2.25. The number of halogens is 6. The largest absolute Gasteiger partial charge is 0.434 e. The first-order valence-corrected chi connectivity index (χ1v) is 4.85. The zero-order valence-corrected chi connectivity index (χ0v) is 9.32. The van der Waals surface area contributed by atoms with Crippen LogP contribution in [0.25, 0.3) is 0 Å². The van der Waals surface area contributed by atoms with Crippen LogP contribution in [0.4, 0.5) is 22.0 Å². The van der Waals surface area contributed by atoms with Gasteiger partial charge in [-0.15, -0.1) is 0 Å². The van der Waals surface area contributed by atoms with Crippen molar-refractivity contribution in [3.63, 3.8) is 0 Å². The van der Waals surface area contributed by atoms with Crippen molar-refractivity contribution < 1.29 is 26.7 Å². The average Bonchev–Trinajstić information content (AvgIpc) is 2.25. The minimum atomic E-state index is -4.98. The van der Waals surface area contributed by atoms with Crippen LogP contribution >= 0.6 is 11.6 Å². The molecule has 0 atom stereocenters. The Hall–Kier alpha value is -1.28. The molecule has 0 aliphatic rings. The lowest BCUT2D eigenvalue weighted by Crippen LogP contribution is -2.18. The number of carbonyl (C=O) groups is 1. The number of alkyl halides is 5. The molecule has 1 rings (SSSR count). The van der Waals surface area contributed by atoms with Crippen LogP contribution in [0.3, 0.4) is 0 Å². The van der Waals surface area contributed by atoms with Crippen molar-refractivity contribution in [2.75, 3.05) is 0 Å². The third-order valence-electron chi connectivity index (χ3n) is 2.04. The summed E-state index contributed by atoms with van der Waals surface area (Å²) in [6.07, 6.45) is -8.09. The molecule has 0 aromatic carbocycles. The highest BCUT2D eigenvalue weighted by Crippen LogP contribution is 2.34. The number of hydrogen-bond acceptors (Lipinski definition) is 3. The standard InChI is InChI=1S/C9H6ClF5N2O/c10-7(18)4-1-3(8(11)12)5(2-16)17-6(4)9(13,14)15/h1,8H,2,16H2. The highest BCUT2D eigenvalue weighted by molar-refractivity contribution is 6.67. The minimum absolute atomic E-state index is 0.373. The van der Waals surface area contributed by atoms with E-state index in [0.717, 1.165) is 0 Å². The Morgan fingerprint density at radius 3 is 2.33 bits per heavy atom. The summed E-state index contributed by atoms with van der Waals surface area (Å²) >= 11 is 4.93. The summed E-state index contributed by atoms with van der Waals surface area (Å²) in [6.45, 7) is -0.612. The van der Waals surface area contributed by atoms with Crippen LogP contribution in [-0.2, 0) is 12.7 Å². The molecule has 0 amide bonds. The predicted molar refractivity (Wildman–Crippen MR) is 52.3 cm³/mol. The summed E-state index contributed by atoms with van der Waals surface area (Å²) in [5.74, 6) is 0. The van der Waals surface area contributed by atoms with Crippen LogP contribution < -0.4 is 5.73 Å². The molecule has 100 valence electrons. The van der Waals surface area contributed by atoms with Crippen molar-refractivity contribution in [2.24, 2.45) is 5.73 Å². The average molecular weight is 289 g/mol. The van der Waals surface area contributed by atoms with Gasteiger partial charge in [-0.2, -0.15) is 13.2 Å². The molecule has 1 aromatic heterocycles. The number of hydrogen-bond donors (Lipinski definition) is 1. The van der Waals surface area contributed by atoms with Gasteiger partial charge in [-0.3, -0.25) is 4.79 Å². The molecule has 1 aromatic rings. The molecule has 0 saturated carbocycles. The molecule has 1 heterocycles. The van der Waals surface area contributed by atoms with Crippen LogP contribution in [0.5, 0.6) is 0 Å². The number of nitrogens with two attached hydrogens (primary N) is 1. The lowest BCUT2D eigenvalue weighted by molar-refractivity contribution is -0.141. The first-order valence-electron chi connectivity index (χ1n) is 4.47. The van der Waals surface area contributed by atoms with Crippen molar-refractivity contribution in [1.29, 1.82) is 0 Å². The third kappa shape index (κ3) is 2.94. The SMILES string of the molecule is NCc1nc(C(F)(F)F)c(C(=O)Cl)cc1C(F)F. The Bertz CT molecular complexity index is 475. The maximum Gasteiger partial charge on any atom is 0.434 e. The van der Waals surface area contributed by atoms with E-state index in [2.05, 4.69) is 4.98 Å². The van der Waals surface area contributed by atoms with E-state index in [1.165, 1.54) is 0 Å². The van der Waals surface area contributed by atoms with E-state index in [1.807, 2.05) is 0 Å². The molecule has 18 heavy (non-hydrogen) atoms. The number of carbonyl (C=O) groups excluding carboxylic acids is 1. The molecule has 2 N–H and O–H groups in total. The summed E-state index contributed by atoms with van der Waals surface area (Å²) in [5.41, 5.74) is 0.849. The van der Waals surface area contributed by atoms with E-state index in [-0.39, 0.29) is 0 Å². The van der Waals surface area contributed by atoms with Gasteiger partial charge in [0.2, 0.25) is 0 Å². The second-order valence-corrected chi connectivity index (χ2v) is 3.54. The molecule has 0 unspecified atom stereocenters. The van der Waals surface area contributed by atoms with Crippen LogP contribution in [0, 0.1) is 0 Å². The minimum Gasteiger partial charge on any atom is -0.325 e. The Labute approximate surface area is 103 Å². The topological polar surface area (TPSA) is 56.0 Å². The van der Waals surface area contributed by atoms with Gasteiger partial charge < -0.3 is 5.73 Å². The summed E-state index contributed by atoms with van der Waals surface area (Å²) in [7, 11) is 0. The fraction of sp³-hybridized carbons (Fsp3) is 0.333. The normalized spacial score (nSPS) is 12.0. The van der Waals surface area contributed by atoms with Gasteiger partial charge in [0, 0.05) is 12.1 Å². The summed E-state index contributed by atoms with van der Waals surface area (Å²) in [5, 5.41) is -1.51. The van der Waals surface area contributed by atoms with Crippen molar-refractivity contribution in [3.05, 3.63) is 28.6 Å². The molecule has 3 nitrogen and oxygen atoms in total. The quantitative estimate of drug-likeness (QED) is 0.687. The zero-order chi connectivity index (χ0) is 14.1. The molecule has 0 saturated heterocycles. The van der Waals surface area contributed by atoms with Gasteiger partial charge in [0.15, 0.2) is 5.69 Å². The lowest BCUT2D eigenvalue weighted by atomic mass is 10.1. The molecule has 0 radical (unpaired) electrons. The molecule has 0 bridgehead atoms. The fourth-order valence-electron chi connectivity index (χ4n) is 1.29. The molecule has 0 aliphatic carbocycles. The van der Waals surface area contributed by atoms with Crippen LogP contribution in [0.1, 0.15) is 33.7 Å². The Morgan fingerprint density at radius 1 is 1.44 bits per heavy atom. The van der Waals surface area contributed by atoms with Gasteiger partial charge in [0.05, 0.1) is 11.3 Å². The van der Waals surface area contributed by atoms with E-state index >= 15 is 0 Å². The van der Waals surface area contributed by atoms with E-state index in [0.29, 0.717) is 6.07 Å². The summed E-state index contributed by atoms with van der Waals surface area (Å²) in [4.78, 5) is 13.8. The van der Waals surface area contributed by atoms with Crippen molar-refractivity contribution in [1.82, 2.24) is 4.98 Å². The second-order valence-electron chi connectivity index (χ2n) is 3.20. The summed E-state index contributed by atoms with van der Waals surface area (Å²) < 4.78 is 62.8. The molecule has 0 spiro atoms. The van der Waals surface area contributed by atoms with Crippen LogP contribution in [0.15, 0.2) is 6.07 Å². The highest BCUT2D eigenvalue weighted by Gasteiger charge is 2.38. The number of rotatable bonds is 3. The van der Waals surface area contributed by atoms with Gasteiger partial charge in [0.25, 0.3) is 11.7 Å². The van der Waals surface area contributed by atoms with Gasteiger partial charge >= 0.3 is 6.18 Å².